The van der Waals surface area contributed by atoms with Gasteiger partial charge in [0.25, 0.3) is 0 Å². The van der Waals surface area contributed by atoms with E-state index in [0.29, 0.717) is 24.2 Å². The highest BCUT2D eigenvalue weighted by atomic mass is 16.5. The number of nitrogens with zero attached hydrogens (tertiary/aromatic N) is 1. The fraction of sp³-hybridized carbons (Fsp3) is 1.00. The molecule has 0 amide bonds. The lowest BCUT2D eigenvalue weighted by Crippen LogP contribution is -2.55. The molecule has 0 spiro atoms. The number of morpholine rings is 1. The van der Waals surface area contributed by atoms with Crippen LogP contribution < -0.4 is 5.32 Å². The standard InChI is InChI=1S/C14H28N2O/c1-4-12(10-15-11(2)3)16-8-9-17-14-7-5-6-13(14)16/h11-15H,4-10H2,1-3H3. The molecule has 0 radical (unpaired) electrons. The summed E-state index contributed by atoms with van der Waals surface area (Å²) < 4.78 is 5.89. The van der Waals surface area contributed by atoms with Crippen molar-refractivity contribution in [3.63, 3.8) is 0 Å². The highest BCUT2D eigenvalue weighted by Gasteiger charge is 2.38. The van der Waals surface area contributed by atoms with E-state index in [9.17, 15) is 0 Å². The maximum atomic E-state index is 5.89. The molecule has 1 aliphatic carbocycles. The van der Waals surface area contributed by atoms with Gasteiger partial charge in [0.2, 0.25) is 0 Å². The highest BCUT2D eigenvalue weighted by Crippen LogP contribution is 2.31. The highest BCUT2D eigenvalue weighted by molar-refractivity contribution is 4.92. The molecule has 1 N–H and O–H groups in total. The van der Waals surface area contributed by atoms with Crippen LogP contribution in [0.25, 0.3) is 0 Å². The van der Waals surface area contributed by atoms with Crippen molar-refractivity contribution in [2.75, 3.05) is 19.7 Å². The van der Waals surface area contributed by atoms with Crippen molar-refractivity contribution in [1.82, 2.24) is 10.2 Å². The van der Waals surface area contributed by atoms with Gasteiger partial charge in [0.15, 0.2) is 0 Å². The van der Waals surface area contributed by atoms with Crippen LogP contribution in [0.15, 0.2) is 0 Å². The van der Waals surface area contributed by atoms with Gasteiger partial charge in [-0.15, -0.1) is 0 Å². The molecule has 100 valence electrons. The van der Waals surface area contributed by atoms with Gasteiger partial charge in [-0.1, -0.05) is 20.8 Å². The maximum absolute atomic E-state index is 5.89. The summed E-state index contributed by atoms with van der Waals surface area (Å²) in [6, 6.07) is 1.97. The van der Waals surface area contributed by atoms with Crippen LogP contribution in [0.1, 0.15) is 46.5 Å². The van der Waals surface area contributed by atoms with E-state index in [2.05, 4.69) is 31.0 Å². The van der Waals surface area contributed by atoms with Crippen LogP contribution in [0.3, 0.4) is 0 Å². The molecular formula is C14H28N2O. The fourth-order valence-electron chi connectivity index (χ4n) is 3.28. The topological polar surface area (TPSA) is 24.5 Å². The predicted molar refractivity (Wildman–Crippen MR) is 71.3 cm³/mol. The first-order chi connectivity index (χ1) is 8.22. The molecule has 1 saturated carbocycles. The third-order valence-corrected chi connectivity index (χ3v) is 4.23. The van der Waals surface area contributed by atoms with Gasteiger partial charge in [-0.3, -0.25) is 4.90 Å². The zero-order valence-corrected chi connectivity index (χ0v) is 11.6. The van der Waals surface area contributed by atoms with Crippen molar-refractivity contribution >= 4 is 0 Å². The van der Waals surface area contributed by atoms with Gasteiger partial charge in [0.05, 0.1) is 12.7 Å². The monoisotopic (exact) mass is 240 g/mol. The van der Waals surface area contributed by atoms with Gasteiger partial charge < -0.3 is 10.1 Å². The Balaban J connectivity index is 1.92. The lowest BCUT2D eigenvalue weighted by molar-refractivity contribution is -0.0720. The van der Waals surface area contributed by atoms with Gasteiger partial charge in [0.1, 0.15) is 0 Å². The van der Waals surface area contributed by atoms with Gasteiger partial charge in [0, 0.05) is 31.2 Å². The maximum Gasteiger partial charge on any atom is 0.0731 e. The van der Waals surface area contributed by atoms with E-state index in [0.717, 1.165) is 19.7 Å². The Kier molecular flexibility index (Phi) is 4.83. The van der Waals surface area contributed by atoms with Crippen LogP contribution in [-0.2, 0) is 4.74 Å². The molecule has 1 heterocycles. The molecule has 3 unspecified atom stereocenters. The zero-order chi connectivity index (χ0) is 12.3. The van der Waals surface area contributed by atoms with Crippen molar-refractivity contribution in [2.45, 2.75) is 70.7 Å². The number of hydrogen-bond donors (Lipinski definition) is 1. The Bertz CT molecular complexity index is 232. The Hall–Kier alpha value is -0.120. The summed E-state index contributed by atoms with van der Waals surface area (Å²) in [7, 11) is 0. The number of fused-ring (bicyclic) bond motifs is 1. The first-order valence-corrected chi connectivity index (χ1v) is 7.33. The molecule has 17 heavy (non-hydrogen) atoms. The minimum Gasteiger partial charge on any atom is -0.375 e. The van der Waals surface area contributed by atoms with Crippen LogP contribution in [0.2, 0.25) is 0 Å². The third kappa shape index (κ3) is 3.21. The van der Waals surface area contributed by atoms with Crippen LogP contribution in [0, 0.1) is 0 Å². The summed E-state index contributed by atoms with van der Waals surface area (Å²) in [5.74, 6) is 0. The molecule has 0 aromatic carbocycles. The summed E-state index contributed by atoms with van der Waals surface area (Å²) in [6.45, 7) is 9.94. The van der Waals surface area contributed by atoms with Gasteiger partial charge in [-0.05, 0) is 25.7 Å². The average Bonchev–Trinajstić information content (AvgIpc) is 2.78. The Morgan fingerprint density at radius 1 is 1.35 bits per heavy atom. The van der Waals surface area contributed by atoms with Gasteiger partial charge in [-0.25, -0.2) is 0 Å². The fourth-order valence-corrected chi connectivity index (χ4v) is 3.28. The largest absolute Gasteiger partial charge is 0.375 e. The van der Waals surface area contributed by atoms with E-state index in [1.54, 1.807) is 0 Å². The first kappa shape index (κ1) is 13.3. The second kappa shape index (κ2) is 6.17. The van der Waals surface area contributed by atoms with E-state index in [4.69, 9.17) is 4.74 Å². The summed E-state index contributed by atoms with van der Waals surface area (Å²) in [5, 5.41) is 3.59. The molecule has 0 aromatic heterocycles. The second-order valence-electron chi connectivity index (χ2n) is 5.77. The molecule has 2 aliphatic rings. The minimum absolute atomic E-state index is 0.525. The SMILES string of the molecule is CCC(CNC(C)C)N1CCOC2CCCC21. The minimum atomic E-state index is 0.525. The van der Waals surface area contributed by atoms with Crippen molar-refractivity contribution in [3.05, 3.63) is 0 Å². The molecule has 3 atom stereocenters. The third-order valence-electron chi connectivity index (χ3n) is 4.23. The van der Waals surface area contributed by atoms with Crippen molar-refractivity contribution in [2.24, 2.45) is 0 Å². The quantitative estimate of drug-likeness (QED) is 0.795. The zero-order valence-electron chi connectivity index (χ0n) is 11.6. The van der Waals surface area contributed by atoms with E-state index in [1.807, 2.05) is 0 Å². The normalized spacial score (nSPS) is 31.8. The van der Waals surface area contributed by atoms with Crippen molar-refractivity contribution in [3.8, 4) is 0 Å². The smallest absolute Gasteiger partial charge is 0.0731 e. The molecule has 3 nitrogen and oxygen atoms in total. The predicted octanol–water partition coefficient (Wildman–Crippen LogP) is 2.02. The van der Waals surface area contributed by atoms with Crippen LogP contribution in [0.4, 0.5) is 0 Å². The molecule has 0 aromatic rings. The van der Waals surface area contributed by atoms with E-state index < -0.39 is 0 Å². The van der Waals surface area contributed by atoms with Crippen LogP contribution in [-0.4, -0.2) is 48.8 Å². The lowest BCUT2D eigenvalue weighted by Gasteiger charge is -2.42. The van der Waals surface area contributed by atoms with Crippen molar-refractivity contribution in [1.29, 1.82) is 0 Å². The molecule has 2 fully saturated rings. The van der Waals surface area contributed by atoms with Crippen molar-refractivity contribution < 1.29 is 4.74 Å². The summed E-state index contributed by atoms with van der Waals surface area (Å²) in [4.78, 5) is 2.72. The lowest BCUT2D eigenvalue weighted by atomic mass is 10.1. The molecule has 1 saturated heterocycles. The summed E-state index contributed by atoms with van der Waals surface area (Å²) in [5.41, 5.74) is 0. The molecule has 0 bridgehead atoms. The first-order valence-electron chi connectivity index (χ1n) is 7.33. The summed E-state index contributed by atoms with van der Waals surface area (Å²) >= 11 is 0. The molecular weight excluding hydrogens is 212 g/mol. The van der Waals surface area contributed by atoms with E-state index in [1.165, 1.54) is 25.7 Å². The molecule has 3 heteroatoms. The number of rotatable bonds is 5. The average molecular weight is 240 g/mol. The van der Waals surface area contributed by atoms with E-state index >= 15 is 0 Å². The van der Waals surface area contributed by atoms with E-state index in [-0.39, 0.29) is 0 Å². The number of hydrogen-bond acceptors (Lipinski definition) is 3. The Morgan fingerprint density at radius 3 is 2.88 bits per heavy atom. The molecule has 1 aliphatic heterocycles. The van der Waals surface area contributed by atoms with Gasteiger partial charge in [-0.2, -0.15) is 0 Å². The number of ether oxygens (including phenoxy) is 1. The van der Waals surface area contributed by atoms with Gasteiger partial charge >= 0.3 is 0 Å². The molecule has 2 rings (SSSR count). The second-order valence-corrected chi connectivity index (χ2v) is 5.77. The number of nitrogens with one attached hydrogen (secondary N) is 1. The Labute approximate surface area is 106 Å². The Morgan fingerprint density at radius 2 is 2.18 bits per heavy atom. The van der Waals surface area contributed by atoms with Crippen LogP contribution in [0.5, 0.6) is 0 Å². The summed E-state index contributed by atoms with van der Waals surface area (Å²) in [6.07, 6.45) is 5.72. The van der Waals surface area contributed by atoms with Crippen LogP contribution >= 0.6 is 0 Å².